The van der Waals surface area contributed by atoms with Gasteiger partial charge in [-0.25, -0.2) is 14.2 Å². The van der Waals surface area contributed by atoms with E-state index in [1.54, 1.807) is 39.1 Å². The summed E-state index contributed by atoms with van der Waals surface area (Å²) in [6.45, 7) is 9.64. The van der Waals surface area contributed by atoms with E-state index in [0.29, 0.717) is 48.6 Å². The Balaban J connectivity index is 1.68. The summed E-state index contributed by atoms with van der Waals surface area (Å²) in [6, 6.07) is 8.13. The van der Waals surface area contributed by atoms with Crippen molar-refractivity contribution in [2.45, 2.75) is 72.5 Å². The van der Waals surface area contributed by atoms with Gasteiger partial charge in [-0.1, -0.05) is 13.8 Å². The number of halogens is 1. The summed E-state index contributed by atoms with van der Waals surface area (Å²) in [7, 11) is 0. The summed E-state index contributed by atoms with van der Waals surface area (Å²) >= 11 is 0. The number of nitriles is 1. The number of H-pyrrole nitrogens is 1. The van der Waals surface area contributed by atoms with E-state index in [-0.39, 0.29) is 12.4 Å². The van der Waals surface area contributed by atoms with Gasteiger partial charge in [0, 0.05) is 23.0 Å². The predicted molar refractivity (Wildman–Crippen MR) is 141 cm³/mol. The van der Waals surface area contributed by atoms with Crippen molar-refractivity contribution in [3.8, 4) is 17.6 Å². The largest absolute Gasteiger partial charge is 0.493 e. The van der Waals surface area contributed by atoms with Crippen LogP contribution in [-0.2, 0) is 30.6 Å². The van der Waals surface area contributed by atoms with Crippen molar-refractivity contribution in [2.75, 3.05) is 11.9 Å². The van der Waals surface area contributed by atoms with Gasteiger partial charge in [-0.3, -0.25) is 10.4 Å². The van der Waals surface area contributed by atoms with E-state index < -0.39 is 17.5 Å². The molecule has 2 aromatic heterocycles. The Kier molecular flexibility index (Phi) is 9.66. The quantitative estimate of drug-likeness (QED) is 0.301. The average molecular weight is 524 g/mol. The molecule has 2 heterocycles. The second-order valence-electron chi connectivity index (χ2n) is 9.66. The van der Waals surface area contributed by atoms with E-state index >= 15 is 0 Å². The van der Waals surface area contributed by atoms with Crippen molar-refractivity contribution in [3.05, 3.63) is 64.4 Å². The number of aromatic amines is 1. The molecule has 2 N–H and O–H groups in total. The SMILES string of the molecule is CCc1cnc(NC(=O)OC(C)(C)C)c(OCc2cc(F)ccc2OCCCc2[nH]nc(C#N)c2CC)c1. The molecule has 0 unspecified atom stereocenters. The van der Waals surface area contributed by atoms with Crippen molar-refractivity contribution in [1.82, 2.24) is 15.2 Å². The van der Waals surface area contributed by atoms with Gasteiger partial charge in [0.05, 0.1) is 6.61 Å². The maximum Gasteiger partial charge on any atom is 0.413 e. The van der Waals surface area contributed by atoms with Gasteiger partial charge in [-0.05, 0) is 76.3 Å². The van der Waals surface area contributed by atoms with Gasteiger partial charge in [-0.2, -0.15) is 10.4 Å². The van der Waals surface area contributed by atoms with Crippen LogP contribution in [0.25, 0.3) is 0 Å². The molecule has 0 fully saturated rings. The zero-order chi connectivity index (χ0) is 27.7. The van der Waals surface area contributed by atoms with Crippen LogP contribution in [0.1, 0.15) is 69.1 Å². The summed E-state index contributed by atoms with van der Waals surface area (Å²) < 4.78 is 31.4. The Labute approximate surface area is 222 Å². The van der Waals surface area contributed by atoms with E-state index in [1.165, 1.54) is 12.1 Å². The van der Waals surface area contributed by atoms with Crippen LogP contribution in [0.2, 0.25) is 0 Å². The molecule has 3 rings (SSSR count). The molecular weight excluding hydrogens is 489 g/mol. The predicted octanol–water partition coefficient (Wildman–Crippen LogP) is 5.88. The molecule has 0 spiro atoms. The van der Waals surface area contributed by atoms with Crippen LogP contribution in [0.4, 0.5) is 15.0 Å². The fraction of sp³-hybridized carbons (Fsp3) is 0.429. The zero-order valence-electron chi connectivity index (χ0n) is 22.5. The van der Waals surface area contributed by atoms with Crippen LogP contribution in [-0.4, -0.2) is 33.5 Å². The highest BCUT2D eigenvalue weighted by Gasteiger charge is 2.19. The summed E-state index contributed by atoms with van der Waals surface area (Å²) in [6.07, 6.45) is 3.77. The van der Waals surface area contributed by atoms with E-state index in [0.717, 1.165) is 23.2 Å². The number of aryl methyl sites for hydroxylation is 2. The molecular formula is C28H34FN5O4. The van der Waals surface area contributed by atoms with Gasteiger partial charge in [0.2, 0.25) is 0 Å². The molecule has 1 amide bonds. The smallest absolute Gasteiger partial charge is 0.413 e. The lowest BCUT2D eigenvalue weighted by atomic mass is 10.1. The second-order valence-corrected chi connectivity index (χ2v) is 9.66. The van der Waals surface area contributed by atoms with Crippen LogP contribution in [0.5, 0.6) is 11.5 Å². The first-order valence-electron chi connectivity index (χ1n) is 12.6. The highest BCUT2D eigenvalue weighted by Crippen LogP contribution is 2.28. The number of nitrogens with zero attached hydrogens (tertiary/aromatic N) is 3. The number of nitrogens with one attached hydrogen (secondary N) is 2. The van der Waals surface area contributed by atoms with Gasteiger partial charge >= 0.3 is 6.09 Å². The summed E-state index contributed by atoms with van der Waals surface area (Å²) in [5.41, 5.74) is 3.01. The first-order chi connectivity index (χ1) is 18.1. The number of carbonyl (C=O) groups excluding carboxylic acids is 1. The molecule has 3 aromatic rings. The van der Waals surface area contributed by atoms with Crippen LogP contribution < -0.4 is 14.8 Å². The first kappa shape index (κ1) is 28.4. The maximum atomic E-state index is 14.1. The molecule has 202 valence electrons. The van der Waals surface area contributed by atoms with Crippen molar-refractivity contribution in [1.29, 1.82) is 5.26 Å². The summed E-state index contributed by atoms with van der Waals surface area (Å²) in [5.74, 6) is 0.617. The number of amides is 1. The highest BCUT2D eigenvalue weighted by atomic mass is 19.1. The van der Waals surface area contributed by atoms with Crippen molar-refractivity contribution < 1.29 is 23.4 Å². The van der Waals surface area contributed by atoms with Crippen LogP contribution >= 0.6 is 0 Å². The molecule has 0 radical (unpaired) electrons. The molecule has 0 aliphatic carbocycles. The lowest BCUT2D eigenvalue weighted by molar-refractivity contribution is 0.0634. The maximum absolute atomic E-state index is 14.1. The molecule has 38 heavy (non-hydrogen) atoms. The van der Waals surface area contributed by atoms with Gasteiger partial charge in [0.15, 0.2) is 17.3 Å². The van der Waals surface area contributed by atoms with Crippen molar-refractivity contribution >= 4 is 11.9 Å². The fourth-order valence-electron chi connectivity index (χ4n) is 3.75. The molecule has 1 aromatic carbocycles. The Morgan fingerprint density at radius 2 is 1.95 bits per heavy atom. The number of benzene rings is 1. The lowest BCUT2D eigenvalue weighted by Gasteiger charge is -2.20. The monoisotopic (exact) mass is 523 g/mol. The van der Waals surface area contributed by atoms with Crippen LogP contribution in [0, 0.1) is 17.1 Å². The van der Waals surface area contributed by atoms with Gasteiger partial charge in [0.25, 0.3) is 0 Å². The highest BCUT2D eigenvalue weighted by molar-refractivity contribution is 5.85. The van der Waals surface area contributed by atoms with Crippen molar-refractivity contribution in [2.24, 2.45) is 0 Å². The zero-order valence-corrected chi connectivity index (χ0v) is 22.5. The minimum Gasteiger partial charge on any atom is -0.493 e. The molecule has 0 aliphatic rings. The summed E-state index contributed by atoms with van der Waals surface area (Å²) in [4.78, 5) is 16.6. The third-order valence-corrected chi connectivity index (χ3v) is 5.58. The Morgan fingerprint density at radius 3 is 2.63 bits per heavy atom. The Bertz CT molecular complexity index is 1290. The van der Waals surface area contributed by atoms with E-state index in [2.05, 4.69) is 26.6 Å². The Morgan fingerprint density at radius 1 is 1.16 bits per heavy atom. The number of hydrogen-bond acceptors (Lipinski definition) is 7. The molecule has 0 atom stereocenters. The van der Waals surface area contributed by atoms with Crippen LogP contribution in [0.15, 0.2) is 30.5 Å². The minimum atomic E-state index is -0.671. The number of hydrogen-bond donors (Lipinski definition) is 2. The standard InChI is InChI=1S/C28H34FN5O4/c1-6-18-13-25(26(31-16-18)32-27(35)38-28(3,4)5)37-17-19-14-20(29)10-11-24(19)36-12-8-9-22-21(7-2)23(15-30)34-33-22/h10-11,13-14,16H,6-9,12,17H2,1-5H3,(H,33,34)(H,31,32,35). The normalized spacial score (nSPS) is 11.1. The number of carbonyl (C=O) groups is 1. The fourth-order valence-corrected chi connectivity index (χ4v) is 3.75. The minimum absolute atomic E-state index is 0.00298. The molecule has 9 nitrogen and oxygen atoms in total. The molecule has 0 saturated heterocycles. The molecule has 0 saturated carbocycles. The second kappa shape index (κ2) is 12.9. The topological polar surface area (TPSA) is 122 Å². The number of anilines is 1. The third kappa shape index (κ3) is 7.93. The van der Waals surface area contributed by atoms with E-state index in [4.69, 9.17) is 14.2 Å². The van der Waals surface area contributed by atoms with Gasteiger partial charge in [-0.15, -0.1) is 0 Å². The number of ether oxygens (including phenoxy) is 3. The number of aromatic nitrogens is 3. The van der Waals surface area contributed by atoms with E-state index in [1.807, 2.05) is 13.8 Å². The van der Waals surface area contributed by atoms with Crippen molar-refractivity contribution in [3.63, 3.8) is 0 Å². The van der Waals surface area contributed by atoms with E-state index in [9.17, 15) is 14.4 Å². The summed E-state index contributed by atoms with van der Waals surface area (Å²) in [5, 5.41) is 18.8. The third-order valence-electron chi connectivity index (χ3n) is 5.58. The lowest BCUT2D eigenvalue weighted by Crippen LogP contribution is -2.27. The molecule has 0 bridgehead atoms. The average Bonchev–Trinajstić information content (AvgIpc) is 3.27. The first-order valence-corrected chi connectivity index (χ1v) is 12.6. The Hall–Kier alpha value is -4.13. The van der Waals surface area contributed by atoms with Gasteiger partial charge in [0.1, 0.15) is 29.8 Å². The number of rotatable bonds is 11. The molecule has 0 aliphatic heterocycles. The molecule has 10 heteroatoms. The number of pyridine rings is 1. The van der Waals surface area contributed by atoms with Crippen LogP contribution in [0.3, 0.4) is 0 Å². The van der Waals surface area contributed by atoms with Gasteiger partial charge < -0.3 is 14.2 Å².